The van der Waals surface area contributed by atoms with E-state index in [0.717, 1.165) is 37.4 Å². The van der Waals surface area contributed by atoms with Crippen molar-refractivity contribution >= 4 is 43.7 Å². The van der Waals surface area contributed by atoms with Crippen molar-refractivity contribution in [2.75, 3.05) is 12.5 Å². The van der Waals surface area contributed by atoms with Gasteiger partial charge in [-0.3, -0.25) is 5.43 Å². The van der Waals surface area contributed by atoms with E-state index in [1.54, 1.807) is 18.4 Å². The van der Waals surface area contributed by atoms with E-state index in [0.29, 0.717) is 0 Å². The number of methoxy groups -OCH3 is 1. The van der Waals surface area contributed by atoms with Gasteiger partial charge >= 0.3 is 0 Å². The Kier molecular flexibility index (Phi) is 3.84. The summed E-state index contributed by atoms with van der Waals surface area (Å²) in [6, 6.07) is 20.1. The third-order valence-electron chi connectivity index (χ3n) is 3.80. The summed E-state index contributed by atoms with van der Waals surface area (Å²) in [6.45, 7) is 0. The van der Waals surface area contributed by atoms with Gasteiger partial charge in [-0.05, 0) is 29.7 Å². The number of nitrogens with zero attached hydrogens (tertiary/aromatic N) is 2. The Labute approximate surface area is 143 Å². The monoisotopic (exact) mass is 333 g/mol. The van der Waals surface area contributed by atoms with Gasteiger partial charge in [-0.15, -0.1) is 0 Å². The highest BCUT2D eigenvalue weighted by molar-refractivity contribution is 7.22. The van der Waals surface area contributed by atoms with Crippen molar-refractivity contribution in [2.24, 2.45) is 5.10 Å². The lowest BCUT2D eigenvalue weighted by Crippen LogP contribution is -1.92. The van der Waals surface area contributed by atoms with Crippen molar-refractivity contribution in [3.05, 3.63) is 66.2 Å². The van der Waals surface area contributed by atoms with Gasteiger partial charge in [-0.1, -0.05) is 47.7 Å². The predicted octanol–water partition coefficient (Wildman–Crippen LogP) is 4.90. The molecule has 0 spiro atoms. The van der Waals surface area contributed by atoms with Gasteiger partial charge in [-0.2, -0.15) is 5.10 Å². The molecule has 3 aromatic carbocycles. The number of nitrogens with one attached hydrogen (secondary N) is 1. The number of aromatic nitrogens is 1. The van der Waals surface area contributed by atoms with Crippen LogP contribution in [0.25, 0.3) is 21.0 Å². The van der Waals surface area contributed by atoms with Gasteiger partial charge in [-0.25, -0.2) is 4.98 Å². The first kappa shape index (κ1) is 14.7. The van der Waals surface area contributed by atoms with E-state index in [1.165, 1.54) is 0 Å². The average Bonchev–Trinajstić information content (AvgIpc) is 3.04. The van der Waals surface area contributed by atoms with Crippen molar-refractivity contribution < 1.29 is 4.74 Å². The molecule has 0 saturated heterocycles. The molecule has 0 unspecified atom stereocenters. The highest BCUT2D eigenvalue weighted by atomic mass is 32.1. The SMILES string of the molecule is COc1ccc(C=NNc2nc3ccccc3s2)c2ccccc12. The number of ether oxygens (including phenoxy) is 1. The van der Waals surface area contributed by atoms with Crippen LogP contribution in [0.15, 0.2) is 65.8 Å². The van der Waals surface area contributed by atoms with Crippen LogP contribution < -0.4 is 10.2 Å². The van der Waals surface area contributed by atoms with E-state index in [2.05, 4.69) is 27.6 Å². The third kappa shape index (κ3) is 2.70. The zero-order valence-electron chi connectivity index (χ0n) is 13.1. The summed E-state index contributed by atoms with van der Waals surface area (Å²) in [5.41, 5.74) is 5.03. The maximum Gasteiger partial charge on any atom is 0.204 e. The summed E-state index contributed by atoms with van der Waals surface area (Å²) in [5, 5.41) is 7.30. The van der Waals surface area contributed by atoms with Crippen LogP contribution in [0.4, 0.5) is 5.13 Å². The fourth-order valence-electron chi connectivity index (χ4n) is 2.66. The molecule has 0 amide bonds. The first-order valence-corrected chi connectivity index (χ1v) is 8.37. The molecule has 1 aromatic heterocycles. The zero-order chi connectivity index (χ0) is 16.4. The van der Waals surface area contributed by atoms with E-state index in [9.17, 15) is 0 Å². The molecule has 1 N–H and O–H groups in total. The molecule has 118 valence electrons. The van der Waals surface area contributed by atoms with E-state index in [4.69, 9.17) is 4.74 Å². The second-order valence-electron chi connectivity index (χ2n) is 5.26. The summed E-state index contributed by atoms with van der Waals surface area (Å²) in [4.78, 5) is 4.51. The van der Waals surface area contributed by atoms with Crippen molar-refractivity contribution in [3.8, 4) is 5.75 Å². The lowest BCUT2D eigenvalue weighted by molar-refractivity contribution is 0.420. The Hall–Kier alpha value is -2.92. The summed E-state index contributed by atoms with van der Waals surface area (Å²) >= 11 is 1.59. The van der Waals surface area contributed by atoms with Gasteiger partial charge < -0.3 is 4.74 Å². The van der Waals surface area contributed by atoms with Gasteiger partial charge in [0.25, 0.3) is 0 Å². The minimum absolute atomic E-state index is 0.783. The lowest BCUT2D eigenvalue weighted by atomic mass is 10.0. The fourth-order valence-corrected chi connectivity index (χ4v) is 3.48. The lowest BCUT2D eigenvalue weighted by Gasteiger charge is -2.07. The minimum Gasteiger partial charge on any atom is -0.496 e. The molecular formula is C19H15N3OS. The van der Waals surface area contributed by atoms with E-state index >= 15 is 0 Å². The molecule has 0 saturated carbocycles. The second kappa shape index (κ2) is 6.29. The van der Waals surface area contributed by atoms with Crippen molar-refractivity contribution in [1.82, 2.24) is 4.98 Å². The Bertz CT molecular complexity index is 1010. The van der Waals surface area contributed by atoms with Crippen molar-refractivity contribution in [1.29, 1.82) is 0 Å². The van der Waals surface area contributed by atoms with Crippen LogP contribution >= 0.6 is 11.3 Å². The number of thiazole rings is 1. The highest BCUT2D eigenvalue weighted by Crippen LogP contribution is 2.28. The third-order valence-corrected chi connectivity index (χ3v) is 4.74. The molecule has 1 heterocycles. The highest BCUT2D eigenvalue weighted by Gasteiger charge is 2.05. The molecule has 0 aliphatic carbocycles. The van der Waals surface area contributed by atoms with Gasteiger partial charge in [0, 0.05) is 10.9 Å². The van der Waals surface area contributed by atoms with E-state index in [-0.39, 0.29) is 0 Å². The minimum atomic E-state index is 0.783. The summed E-state index contributed by atoms with van der Waals surface area (Å²) < 4.78 is 6.57. The van der Waals surface area contributed by atoms with Gasteiger partial charge in [0.1, 0.15) is 5.75 Å². The topological polar surface area (TPSA) is 46.5 Å². The Balaban J connectivity index is 1.63. The van der Waals surface area contributed by atoms with Crippen LogP contribution in [0.1, 0.15) is 5.56 Å². The molecule has 0 atom stereocenters. The first-order valence-electron chi connectivity index (χ1n) is 7.55. The number of para-hydroxylation sites is 1. The maximum absolute atomic E-state index is 5.42. The summed E-state index contributed by atoms with van der Waals surface area (Å²) in [7, 11) is 1.68. The Morgan fingerprint density at radius 1 is 1.00 bits per heavy atom. The van der Waals surface area contributed by atoms with Crippen molar-refractivity contribution in [2.45, 2.75) is 0 Å². The molecule has 4 nitrogen and oxygen atoms in total. The number of anilines is 1. The normalized spacial score (nSPS) is 11.4. The van der Waals surface area contributed by atoms with Crippen LogP contribution in [0.3, 0.4) is 0 Å². The van der Waals surface area contributed by atoms with Gasteiger partial charge in [0.2, 0.25) is 5.13 Å². The molecule has 4 rings (SSSR count). The molecule has 0 aliphatic heterocycles. The van der Waals surface area contributed by atoms with Crippen LogP contribution in [-0.2, 0) is 0 Å². The van der Waals surface area contributed by atoms with Crippen LogP contribution in [-0.4, -0.2) is 18.3 Å². The number of hydrazone groups is 1. The number of benzene rings is 3. The molecule has 24 heavy (non-hydrogen) atoms. The van der Waals surface area contributed by atoms with Crippen LogP contribution in [0.2, 0.25) is 0 Å². The van der Waals surface area contributed by atoms with Gasteiger partial charge in [0.05, 0.1) is 23.5 Å². The average molecular weight is 333 g/mol. The first-order chi connectivity index (χ1) is 11.8. The maximum atomic E-state index is 5.42. The largest absolute Gasteiger partial charge is 0.496 e. The Morgan fingerprint density at radius 3 is 2.62 bits per heavy atom. The molecule has 0 aliphatic rings. The van der Waals surface area contributed by atoms with Crippen LogP contribution in [0, 0.1) is 0 Å². The van der Waals surface area contributed by atoms with E-state index in [1.807, 2.05) is 54.7 Å². The Morgan fingerprint density at radius 2 is 1.79 bits per heavy atom. The fraction of sp³-hybridized carbons (Fsp3) is 0.0526. The quantitative estimate of drug-likeness (QED) is 0.426. The predicted molar refractivity (Wildman–Crippen MR) is 101 cm³/mol. The number of fused-ring (bicyclic) bond motifs is 2. The number of rotatable bonds is 4. The number of hydrogen-bond donors (Lipinski definition) is 1. The van der Waals surface area contributed by atoms with Crippen LogP contribution in [0.5, 0.6) is 5.75 Å². The van der Waals surface area contributed by atoms with Crippen molar-refractivity contribution in [3.63, 3.8) is 0 Å². The standard InChI is InChI=1S/C19H15N3OS/c1-23-17-11-10-13(14-6-2-3-7-15(14)17)12-20-22-19-21-16-8-4-5-9-18(16)24-19/h2-12H,1H3,(H,21,22). The second-order valence-corrected chi connectivity index (χ2v) is 6.29. The molecule has 4 aromatic rings. The molecule has 0 bridgehead atoms. The summed E-state index contributed by atoms with van der Waals surface area (Å²) in [6.07, 6.45) is 1.81. The molecule has 0 fully saturated rings. The molecule has 0 radical (unpaired) electrons. The molecular weight excluding hydrogens is 318 g/mol. The zero-order valence-corrected chi connectivity index (χ0v) is 13.9. The summed E-state index contributed by atoms with van der Waals surface area (Å²) in [5.74, 6) is 0.863. The van der Waals surface area contributed by atoms with E-state index < -0.39 is 0 Å². The van der Waals surface area contributed by atoms with Gasteiger partial charge in [0.15, 0.2) is 0 Å². The smallest absolute Gasteiger partial charge is 0.204 e. The molecule has 5 heteroatoms. The number of hydrogen-bond acceptors (Lipinski definition) is 5.